The van der Waals surface area contributed by atoms with Crippen LogP contribution in [0.4, 0.5) is 5.69 Å². The number of aromatic carboxylic acids is 1. The van der Waals surface area contributed by atoms with Gasteiger partial charge in [-0.25, -0.2) is 4.79 Å². The number of carboxylic acid groups (broad SMARTS) is 1. The van der Waals surface area contributed by atoms with Crippen LogP contribution in [-0.4, -0.2) is 25.7 Å². The third-order valence-corrected chi connectivity index (χ3v) is 6.86. The number of carbonyl (C=O) groups is 1. The van der Waals surface area contributed by atoms with Crippen LogP contribution in [0.5, 0.6) is 0 Å². The second-order valence-electron chi connectivity index (χ2n) is 8.82. The minimum Gasteiger partial charge on any atom is -0.478 e. The highest BCUT2D eigenvalue weighted by atomic mass is 32.1. The molecule has 0 saturated carbocycles. The lowest BCUT2D eigenvalue weighted by molar-refractivity contribution is 0.0697. The number of carboxylic acids is 1. The van der Waals surface area contributed by atoms with Crippen LogP contribution >= 0.6 is 12.2 Å². The van der Waals surface area contributed by atoms with Gasteiger partial charge < -0.3 is 19.9 Å². The standard InChI is InChI=1S/C28H26N4O2S/c1-17-9-8-10-20(15-17)32-26(25(30-28(32)35)23-12-6-7-14-29-23)22-16-18(2)31(19(22)3)24-13-5-4-11-21(24)27(33)34/h4-16,25-26H,1-3H3,(H,30,35)(H,33,34)/t25-,26-/m0/s1. The van der Waals surface area contributed by atoms with Crippen LogP contribution in [0.3, 0.4) is 0 Å². The molecule has 2 aromatic heterocycles. The van der Waals surface area contributed by atoms with Crippen molar-refractivity contribution in [3.8, 4) is 5.69 Å². The number of anilines is 1. The number of nitrogens with one attached hydrogen (secondary N) is 1. The van der Waals surface area contributed by atoms with Crippen molar-refractivity contribution in [1.29, 1.82) is 0 Å². The molecule has 0 unspecified atom stereocenters. The summed E-state index contributed by atoms with van der Waals surface area (Å²) < 4.78 is 2.02. The van der Waals surface area contributed by atoms with E-state index in [1.165, 1.54) is 0 Å². The van der Waals surface area contributed by atoms with Gasteiger partial charge in [0.1, 0.15) is 0 Å². The Morgan fingerprint density at radius 2 is 1.77 bits per heavy atom. The molecule has 1 fully saturated rings. The molecular weight excluding hydrogens is 456 g/mol. The number of hydrogen-bond acceptors (Lipinski definition) is 3. The molecular formula is C28H26N4O2S. The quantitative estimate of drug-likeness (QED) is 0.357. The molecule has 35 heavy (non-hydrogen) atoms. The highest BCUT2D eigenvalue weighted by Gasteiger charge is 2.42. The normalized spacial score (nSPS) is 17.5. The van der Waals surface area contributed by atoms with Gasteiger partial charge in [-0.1, -0.05) is 30.3 Å². The molecule has 5 rings (SSSR count). The zero-order valence-corrected chi connectivity index (χ0v) is 20.6. The van der Waals surface area contributed by atoms with Crippen molar-refractivity contribution in [3.63, 3.8) is 0 Å². The van der Waals surface area contributed by atoms with Crippen LogP contribution < -0.4 is 10.2 Å². The van der Waals surface area contributed by atoms with Crippen LogP contribution in [0.25, 0.3) is 5.69 Å². The molecule has 2 aromatic carbocycles. The van der Waals surface area contributed by atoms with Gasteiger partial charge in [0.25, 0.3) is 0 Å². The van der Waals surface area contributed by atoms with E-state index >= 15 is 0 Å². The maximum absolute atomic E-state index is 12.0. The molecule has 0 radical (unpaired) electrons. The van der Waals surface area contributed by atoms with Crippen LogP contribution in [0.15, 0.2) is 79.0 Å². The lowest BCUT2D eigenvalue weighted by atomic mass is 9.96. The Bertz CT molecular complexity index is 1430. The van der Waals surface area contributed by atoms with Gasteiger partial charge in [0.15, 0.2) is 5.11 Å². The minimum atomic E-state index is -0.953. The molecule has 0 bridgehead atoms. The number of pyridine rings is 1. The van der Waals surface area contributed by atoms with Crippen LogP contribution in [-0.2, 0) is 0 Å². The van der Waals surface area contributed by atoms with E-state index < -0.39 is 5.97 Å². The topological polar surface area (TPSA) is 70.4 Å². The summed E-state index contributed by atoms with van der Waals surface area (Å²) in [7, 11) is 0. The Kier molecular flexibility index (Phi) is 5.86. The van der Waals surface area contributed by atoms with Gasteiger partial charge in [0.05, 0.1) is 29.0 Å². The fourth-order valence-corrected chi connectivity index (χ4v) is 5.38. The summed E-state index contributed by atoms with van der Waals surface area (Å²) in [5.74, 6) is -0.953. The van der Waals surface area contributed by atoms with Crippen molar-refractivity contribution < 1.29 is 9.90 Å². The third-order valence-electron chi connectivity index (χ3n) is 6.54. The van der Waals surface area contributed by atoms with Crippen molar-refractivity contribution in [2.45, 2.75) is 32.9 Å². The van der Waals surface area contributed by atoms with Gasteiger partial charge >= 0.3 is 5.97 Å². The number of benzene rings is 2. The Balaban J connectivity index is 1.71. The molecule has 7 heteroatoms. The third kappa shape index (κ3) is 3.98. The van der Waals surface area contributed by atoms with Gasteiger partial charge in [0, 0.05) is 23.3 Å². The van der Waals surface area contributed by atoms with E-state index in [0.29, 0.717) is 10.8 Å². The zero-order valence-electron chi connectivity index (χ0n) is 19.8. The highest BCUT2D eigenvalue weighted by molar-refractivity contribution is 7.80. The second kappa shape index (κ2) is 9.00. The van der Waals surface area contributed by atoms with E-state index in [9.17, 15) is 9.90 Å². The molecule has 3 heterocycles. The van der Waals surface area contributed by atoms with E-state index in [0.717, 1.165) is 33.9 Å². The molecule has 4 aromatic rings. The molecule has 0 aliphatic carbocycles. The fourth-order valence-electron chi connectivity index (χ4n) is 5.03. The fraction of sp³-hybridized carbons (Fsp3) is 0.179. The summed E-state index contributed by atoms with van der Waals surface area (Å²) >= 11 is 5.85. The van der Waals surface area contributed by atoms with E-state index in [1.807, 2.05) is 54.8 Å². The van der Waals surface area contributed by atoms with E-state index in [4.69, 9.17) is 12.2 Å². The lowest BCUT2D eigenvalue weighted by Crippen LogP contribution is -2.29. The van der Waals surface area contributed by atoms with E-state index in [-0.39, 0.29) is 17.6 Å². The first-order chi connectivity index (χ1) is 16.9. The maximum Gasteiger partial charge on any atom is 0.337 e. The molecule has 1 saturated heterocycles. The predicted molar refractivity (Wildman–Crippen MR) is 141 cm³/mol. The average Bonchev–Trinajstić information content (AvgIpc) is 3.34. The number of aromatic nitrogens is 2. The molecule has 1 aliphatic rings. The number of rotatable bonds is 5. The average molecular weight is 483 g/mol. The molecule has 1 aliphatic heterocycles. The van der Waals surface area contributed by atoms with Gasteiger partial charge in [-0.3, -0.25) is 4.98 Å². The van der Waals surface area contributed by atoms with Crippen molar-refractivity contribution in [2.24, 2.45) is 0 Å². The zero-order chi connectivity index (χ0) is 24.7. The Morgan fingerprint density at radius 3 is 2.49 bits per heavy atom. The Morgan fingerprint density at radius 1 is 1.00 bits per heavy atom. The van der Waals surface area contributed by atoms with Gasteiger partial charge in [-0.2, -0.15) is 0 Å². The smallest absolute Gasteiger partial charge is 0.337 e. The van der Waals surface area contributed by atoms with Crippen LogP contribution in [0.1, 0.15) is 50.7 Å². The maximum atomic E-state index is 12.0. The van der Waals surface area contributed by atoms with Crippen molar-refractivity contribution in [3.05, 3.63) is 113 Å². The minimum absolute atomic E-state index is 0.170. The monoisotopic (exact) mass is 482 g/mol. The number of nitrogens with zero attached hydrogens (tertiary/aromatic N) is 3. The first-order valence-corrected chi connectivity index (χ1v) is 11.9. The second-order valence-corrected chi connectivity index (χ2v) is 9.21. The van der Waals surface area contributed by atoms with E-state index in [1.54, 1.807) is 18.3 Å². The van der Waals surface area contributed by atoms with Gasteiger partial charge in [-0.05, 0) is 86.6 Å². The van der Waals surface area contributed by atoms with Gasteiger partial charge in [0.2, 0.25) is 0 Å². The number of thiocarbonyl (C=S) groups is 1. The molecule has 6 nitrogen and oxygen atoms in total. The summed E-state index contributed by atoms with van der Waals surface area (Å²) in [5, 5.41) is 13.9. The van der Waals surface area contributed by atoms with Crippen molar-refractivity contribution >= 4 is 29.0 Å². The summed E-state index contributed by atoms with van der Waals surface area (Å²) in [6, 6.07) is 23.1. The SMILES string of the molecule is Cc1cccc(N2C(=S)N[C@@H](c3ccccn3)[C@@H]2c2cc(C)n(-c3ccccc3C(=O)O)c2C)c1. The Labute approximate surface area is 209 Å². The summed E-state index contributed by atoms with van der Waals surface area (Å²) in [6.07, 6.45) is 1.79. The molecule has 2 atom stereocenters. The summed E-state index contributed by atoms with van der Waals surface area (Å²) in [6.45, 7) is 6.10. The molecule has 176 valence electrons. The largest absolute Gasteiger partial charge is 0.478 e. The lowest BCUT2D eigenvalue weighted by Gasteiger charge is -2.28. The van der Waals surface area contributed by atoms with Crippen molar-refractivity contribution in [1.82, 2.24) is 14.9 Å². The molecule has 2 N–H and O–H groups in total. The predicted octanol–water partition coefficient (Wildman–Crippen LogP) is 5.67. The van der Waals surface area contributed by atoms with Crippen LogP contribution in [0.2, 0.25) is 0 Å². The number of hydrogen-bond donors (Lipinski definition) is 2. The van der Waals surface area contributed by atoms with Crippen molar-refractivity contribution in [2.75, 3.05) is 4.90 Å². The molecule has 0 amide bonds. The number of para-hydroxylation sites is 1. The van der Waals surface area contributed by atoms with Gasteiger partial charge in [-0.15, -0.1) is 0 Å². The Hall–Kier alpha value is -3.97. The first-order valence-electron chi connectivity index (χ1n) is 11.5. The highest BCUT2D eigenvalue weighted by Crippen LogP contribution is 2.44. The van der Waals surface area contributed by atoms with E-state index in [2.05, 4.69) is 46.4 Å². The first kappa shape index (κ1) is 22.8. The number of aryl methyl sites for hydroxylation is 2. The summed E-state index contributed by atoms with van der Waals surface area (Å²) in [5.41, 5.74) is 6.93. The summed E-state index contributed by atoms with van der Waals surface area (Å²) in [4.78, 5) is 18.8. The molecule has 0 spiro atoms. The van der Waals surface area contributed by atoms with Crippen LogP contribution in [0, 0.1) is 20.8 Å².